The van der Waals surface area contributed by atoms with Crippen molar-refractivity contribution in [2.45, 2.75) is 76.5 Å². The molecule has 2 bridgehead atoms. The average molecular weight is 581 g/mol. The number of rotatable bonds is 5. The zero-order chi connectivity index (χ0) is 27.5. The fourth-order valence-corrected chi connectivity index (χ4v) is 8.44. The summed E-state index contributed by atoms with van der Waals surface area (Å²) < 4.78 is 18.1. The quantitative estimate of drug-likeness (QED) is 0.353. The zero-order valence-corrected chi connectivity index (χ0v) is 23.9. The first-order valence-corrected chi connectivity index (χ1v) is 15.4. The van der Waals surface area contributed by atoms with Crippen molar-refractivity contribution < 1.29 is 28.6 Å². The van der Waals surface area contributed by atoms with E-state index in [0.717, 1.165) is 31.6 Å². The van der Waals surface area contributed by atoms with Gasteiger partial charge < -0.3 is 23.9 Å². The lowest BCUT2D eigenvalue weighted by Crippen LogP contribution is -2.57. The van der Waals surface area contributed by atoms with E-state index < -0.39 is 6.29 Å². The summed E-state index contributed by atoms with van der Waals surface area (Å²) in [7, 11) is 0. The van der Waals surface area contributed by atoms with Crippen molar-refractivity contribution in [3.63, 3.8) is 0 Å². The third kappa shape index (κ3) is 4.58. The van der Waals surface area contributed by atoms with Gasteiger partial charge in [0.1, 0.15) is 21.6 Å². The molecular formula is C30H32N2O6S2. The van der Waals surface area contributed by atoms with Gasteiger partial charge in [0.25, 0.3) is 11.8 Å². The Kier molecular flexibility index (Phi) is 6.77. The van der Waals surface area contributed by atoms with Gasteiger partial charge in [0.2, 0.25) is 0 Å². The summed E-state index contributed by atoms with van der Waals surface area (Å²) in [6.07, 6.45) is 8.44. The second-order valence-electron chi connectivity index (χ2n) is 11.5. The second-order valence-corrected chi connectivity index (χ2v) is 13.2. The summed E-state index contributed by atoms with van der Waals surface area (Å²) in [5.41, 5.74) is 0.870. The average Bonchev–Trinajstić information content (AvgIpc) is 3.73. The van der Waals surface area contributed by atoms with Crippen molar-refractivity contribution in [3.8, 4) is 17.1 Å². The predicted octanol–water partition coefficient (Wildman–Crippen LogP) is 5.76. The van der Waals surface area contributed by atoms with Gasteiger partial charge >= 0.3 is 0 Å². The Morgan fingerprint density at radius 1 is 1.10 bits per heavy atom. The topological polar surface area (TPSA) is 92.5 Å². The van der Waals surface area contributed by atoms with Gasteiger partial charge in [-0.15, -0.1) is 0 Å². The number of thioether (sulfide) groups is 1. The van der Waals surface area contributed by atoms with Crippen molar-refractivity contribution in [1.29, 1.82) is 0 Å². The molecule has 7 rings (SSSR count). The Balaban J connectivity index is 1.10. The van der Waals surface area contributed by atoms with E-state index in [2.05, 4.69) is 0 Å². The number of carbonyl (C=O) groups is 2. The van der Waals surface area contributed by atoms with Gasteiger partial charge in [0.15, 0.2) is 12.6 Å². The SMILES string of the molecule is CC1OC([C@@H]2CCCCN2C(=O)c2cc(-c3ccc(/C=C4\SC(=S)N(C5CC6CCC5C6)C4=O)o3)ccc2O)O1. The lowest BCUT2D eigenvalue weighted by atomic mass is 9.94. The molecule has 40 heavy (non-hydrogen) atoms. The number of amides is 2. The Morgan fingerprint density at radius 2 is 1.95 bits per heavy atom. The molecule has 2 aromatic rings. The number of fused-ring (bicyclic) bond motifs is 2. The van der Waals surface area contributed by atoms with E-state index in [-0.39, 0.29) is 41.5 Å². The molecule has 4 atom stereocenters. The first-order chi connectivity index (χ1) is 19.4. The Bertz CT molecular complexity index is 1400. The van der Waals surface area contributed by atoms with Gasteiger partial charge in [0, 0.05) is 24.2 Å². The van der Waals surface area contributed by atoms with Gasteiger partial charge in [-0.3, -0.25) is 14.5 Å². The second kappa shape index (κ2) is 10.3. The molecule has 1 aromatic carbocycles. The minimum atomic E-state index is -0.436. The number of carbonyl (C=O) groups excluding carboxylic acids is 2. The molecule has 1 N–H and O–H groups in total. The van der Waals surface area contributed by atoms with Crippen LogP contribution in [-0.4, -0.2) is 62.2 Å². The van der Waals surface area contributed by atoms with Crippen LogP contribution in [0.5, 0.6) is 5.75 Å². The smallest absolute Gasteiger partial charge is 0.266 e. The van der Waals surface area contributed by atoms with Crippen molar-refractivity contribution in [2.75, 3.05) is 6.54 Å². The number of nitrogens with zero attached hydrogens (tertiary/aromatic N) is 2. The Hall–Kier alpha value is -2.66. The van der Waals surface area contributed by atoms with E-state index in [1.165, 1.54) is 37.1 Å². The molecule has 210 valence electrons. The molecule has 3 aliphatic heterocycles. The molecule has 2 saturated carbocycles. The highest BCUT2D eigenvalue weighted by Gasteiger charge is 2.48. The third-order valence-electron chi connectivity index (χ3n) is 9.04. The number of furan rings is 1. The molecule has 5 fully saturated rings. The molecule has 3 unspecified atom stereocenters. The highest BCUT2D eigenvalue weighted by molar-refractivity contribution is 8.26. The summed E-state index contributed by atoms with van der Waals surface area (Å²) in [5.74, 6) is 1.99. The maximum absolute atomic E-state index is 13.6. The van der Waals surface area contributed by atoms with Gasteiger partial charge in [-0.25, -0.2) is 0 Å². The fourth-order valence-electron chi connectivity index (χ4n) is 7.08. The van der Waals surface area contributed by atoms with Crippen molar-refractivity contribution in [1.82, 2.24) is 9.80 Å². The fraction of sp³-hybridized carbons (Fsp3) is 0.500. The van der Waals surface area contributed by atoms with Crippen LogP contribution in [0.15, 0.2) is 39.7 Å². The number of phenolic OH excluding ortho intramolecular Hbond substituents is 1. The first kappa shape index (κ1) is 26.3. The largest absolute Gasteiger partial charge is 0.507 e. The van der Waals surface area contributed by atoms with Crippen LogP contribution in [-0.2, 0) is 14.3 Å². The first-order valence-electron chi connectivity index (χ1n) is 14.2. The number of phenols is 1. The summed E-state index contributed by atoms with van der Waals surface area (Å²) in [6.45, 7) is 2.41. The number of piperidine rings is 1. The minimum absolute atomic E-state index is 0.0343. The number of hydrogen-bond donors (Lipinski definition) is 1. The number of hydrogen-bond acceptors (Lipinski definition) is 8. The number of likely N-dealkylation sites (tertiary alicyclic amines) is 1. The molecule has 2 amide bonds. The van der Waals surface area contributed by atoms with Gasteiger partial charge in [0.05, 0.1) is 16.5 Å². The number of thiocarbonyl (C=S) groups is 1. The van der Waals surface area contributed by atoms with Crippen LogP contribution in [0, 0.1) is 11.8 Å². The molecule has 1 aromatic heterocycles. The highest BCUT2D eigenvalue weighted by Crippen LogP contribution is 2.49. The molecule has 0 spiro atoms. The Morgan fingerprint density at radius 3 is 2.70 bits per heavy atom. The summed E-state index contributed by atoms with van der Waals surface area (Å²) in [4.78, 5) is 31.1. The highest BCUT2D eigenvalue weighted by atomic mass is 32.2. The molecule has 2 aliphatic carbocycles. The van der Waals surface area contributed by atoms with Gasteiger partial charge in [-0.2, -0.15) is 0 Å². The monoisotopic (exact) mass is 580 g/mol. The van der Waals surface area contributed by atoms with Crippen LogP contribution >= 0.6 is 24.0 Å². The molecule has 10 heteroatoms. The lowest BCUT2D eigenvalue weighted by molar-refractivity contribution is -0.390. The lowest BCUT2D eigenvalue weighted by Gasteiger charge is -2.45. The molecule has 0 radical (unpaired) electrons. The van der Waals surface area contributed by atoms with Crippen LogP contribution in [0.1, 0.15) is 68.0 Å². The van der Waals surface area contributed by atoms with E-state index in [0.29, 0.717) is 38.8 Å². The maximum atomic E-state index is 13.6. The standard InChI is InChI=1S/C30H32N2O6S2/c1-16-36-29(37-16)22-4-2-3-11-31(22)27(34)21-14-19(7-9-24(21)33)25-10-8-20(38-25)15-26-28(35)32(30(39)40-26)23-13-17-5-6-18(23)12-17/h7-10,14-18,22-23,29,33H,2-6,11-13H2,1H3/b26-15-/t16?,17?,18?,22-,23?,29?/m0/s1. The number of benzene rings is 1. The number of aromatic hydroxyl groups is 1. The Labute approximate surface area is 242 Å². The molecule has 8 nitrogen and oxygen atoms in total. The van der Waals surface area contributed by atoms with Crippen molar-refractivity contribution >= 4 is 46.2 Å². The van der Waals surface area contributed by atoms with E-state index in [4.69, 9.17) is 26.1 Å². The van der Waals surface area contributed by atoms with E-state index in [1.54, 1.807) is 29.2 Å². The third-order valence-corrected chi connectivity index (χ3v) is 10.4. The van der Waals surface area contributed by atoms with Crippen LogP contribution < -0.4 is 0 Å². The van der Waals surface area contributed by atoms with Crippen LogP contribution in [0.3, 0.4) is 0 Å². The van der Waals surface area contributed by atoms with Gasteiger partial charge in [-0.05, 0) is 87.6 Å². The summed E-state index contributed by atoms with van der Waals surface area (Å²) in [6, 6.07) is 8.55. The van der Waals surface area contributed by atoms with Crippen molar-refractivity contribution in [2.24, 2.45) is 11.8 Å². The molecule has 4 heterocycles. The van der Waals surface area contributed by atoms with Gasteiger partial charge in [-0.1, -0.05) is 30.4 Å². The zero-order valence-electron chi connectivity index (χ0n) is 22.3. The van der Waals surface area contributed by atoms with E-state index >= 15 is 0 Å². The van der Waals surface area contributed by atoms with Crippen LogP contribution in [0.4, 0.5) is 0 Å². The van der Waals surface area contributed by atoms with Crippen molar-refractivity contribution in [3.05, 3.63) is 46.6 Å². The maximum Gasteiger partial charge on any atom is 0.266 e. The predicted molar refractivity (Wildman–Crippen MR) is 154 cm³/mol. The number of ether oxygens (including phenoxy) is 2. The van der Waals surface area contributed by atoms with E-state index in [9.17, 15) is 14.7 Å². The van der Waals surface area contributed by atoms with E-state index in [1.807, 2.05) is 17.9 Å². The summed E-state index contributed by atoms with van der Waals surface area (Å²) in [5, 5.41) is 10.6. The normalized spacial score (nSPS) is 32.8. The minimum Gasteiger partial charge on any atom is -0.507 e. The molecule has 5 aliphatic rings. The molecule has 3 saturated heterocycles. The summed E-state index contributed by atoms with van der Waals surface area (Å²) >= 11 is 6.95. The molecular weight excluding hydrogens is 548 g/mol. The van der Waals surface area contributed by atoms with Crippen LogP contribution in [0.25, 0.3) is 17.4 Å². The van der Waals surface area contributed by atoms with Crippen LogP contribution in [0.2, 0.25) is 0 Å².